The van der Waals surface area contributed by atoms with Crippen LogP contribution in [0.3, 0.4) is 0 Å². The van der Waals surface area contributed by atoms with Crippen LogP contribution in [0.5, 0.6) is 0 Å². The van der Waals surface area contributed by atoms with Crippen molar-refractivity contribution in [3.8, 4) is 0 Å². The number of aliphatic hydroxyl groups excluding tert-OH is 1. The van der Waals surface area contributed by atoms with Gasteiger partial charge in [0.15, 0.2) is 6.23 Å². The lowest BCUT2D eigenvalue weighted by atomic mass is 10.2. The number of aromatic nitrogens is 3. The van der Waals surface area contributed by atoms with E-state index in [1.807, 2.05) is 30.3 Å². The molecule has 0 radical (unpaired) electrons. The normalized spacial score (nSPS) is 12.7. The largest absolute Gasteiger partial charge is 0.368 e. The highest BCUT2D eigenvalue weighted by Crippen LogP contribution is 2.12. The minimum atomic E-state index is -0.747. The second-order valence-electron chi connectivity index (χ2n) is 2.67. The smallest absolute Gasteiger partial charge is 0.174 e. The van der Waals surface area contributed by atoms with Gasteiger partial charge >= 0.3 is 0 Å². The fourth-order valence-corrected chi connectivity index (χ4v) is 1.13. The molecule has 13 heavy (non-hydrogen) atoms. The van der Waals surface area contributed by atoms with Gasteiger partial charge in [0.25, 0.3) is 0 Å². The van der Waals surface area contributed by atoms with Crippen molar-refractivity contribution in [3.05, 3.63) is 48.3 Å². The van der Waals surface area contributed by atoms with Crippen molar-refractivity contribution >= 4 is 0 Å². The zero-order valence-corrected chi connectivity index (χ0v) is 6.91. The molecule has 66 valence electrons. The first kappa shape index (κ1) is 7.94. The van der Waals surface area contributed by atoms with Crippen LogP contribution in [0.2, 0.25) is 0 Å². The Morgan fingerprint density at radius 2 is 2.00 bits per heavy atom. The maximum Gasteiger partial charge on any atom is 0.174 e. The molecule has 1 aromatic carbocycles. The molecule has 0 aliphatic rings. The summed E-state index contributed by atoms with van der Waals surface area (Å²) in [6.45, 7) is 0. The van der Waals surface area contributed by atoms with E-state index in [1.165, 1.54) is 10.9 Å². The highest BCUT2D eigenvalue weighted by molar-refractivity contribution is 5.17. The van der Waals surface area contributed by atoms with Gasteiger partial charge in [0.2, 0.25) is 0 Å². The molecule has 0 bridgehead atoms. The molecule has 4 nitrogen and oxygen atoms in total. The zero-order valence-electron chi connectivity index (χ0n) is 6.91. The van der Waals surface area contributed by atoms with Crippen LogP contribution in [0.4, 0.5) is 0 Å². The molecular formula is C9H9N3O. The quantitative estimate of drug-likeness (QED) is 0.735. The van der Waals surface area contributed by atoms with Gasteiger partial charge in [-0.2, -0.15) is 0 Å². The number of nitrogens with zero attached hydrogens (tertiary/aromatic N) is 3. The molecule has 0 fully saturated rings. The first-order valence-corrected chi connectivity index (χ1v) is 3.97. The molecule has 1 heterocycles. The van der Waals surface area contributed by atoms with E-state index in [0.717, 1.165) is 5.56 Å². The molecule has 0 saturated heterocycles. The van der Waals surface area contributed by atoms with Crippen molar-refractivity contribution in [2.24, 2.45) is 0 Å². The molecule has 0 saturated carbocycles. The van der Waals surface area contributed by atoms with Crippen molar-refractivity contribution in [3.63, 3.8) is 0 Å². The van der Waals surface area contributed by atoms with Gasteiger partial charge in [-0.3, -0.25) is 0 Å². The van der Waals surface area contributed by atoms with Gasteiger partial charge in [-0.25, -0.2) is 4.68 Å². The van der Waals surface area contributed by atoms with Crippen LogP contribution in [0, 0.1) is 0 Å². The summed E-state index contributed by atoms with van der Waals surface area (Å²) in [6.07, 6.45) is 2.41. The minimum absolute atomic E-state index is 0.747. The van der Waals surface area contributed by atoms with Crippen LogP contribution in [0.1, 0.15) is 11.8 Å². The van der Waals surface area contributed by atoms with Gasteiger partial charge in [0.05, 0.1) is 6.20 Å². The van der Waals surface area contributed by atoms with E-state index >= 15 is 0 Å². The number of hydrogen-bond acceptors (Lipinski definition) is 3. The number of benzene rings is 1. The minimum Gasteiger partial charge on any atom is -0.368 e. The predicted octanol–water partition coefficient (Wildman–Crippen LogP) is 0.817. The fraction of sp³-hybridized carbons (Fsp3) is 0.111. The monoisotopic (exact) mass is 175 g/mol. The van der Waals surface area contributed by atoms with Crippen LogP contribution in [-0.2, 0) is 0 Å². The third-order valence-electron chi connectivity index (χ3n) is 1.79. The molecule has 0 spiro atoms. The summed E-state index contributed by atoms with van der Waals surface area (Å²) >= 11 is 0. The Bertz CT molecular complexity index is 358. The van der Waals surface area contributed by atoms with Crippen molar-refractivity contribution in [1.29, 1.82) is 0 Å². The lowest BCUT2D eigenvalue weighted by Crippen LogP contribution is -2.10. The highest BCUT2D eigenvalue weighted by Gasteiger charge is 2.08. The Balaban J connectivity index is 2.29. The average Bonchev–Trinajstić information content (AvgIpc) is 2.71. The van der Waals surface area contributed by atoms with E-state index in [4.69, 9.17) is 0 Å². The Hall–Kier alpha value is -1.68. The summed E-state index contributed by atoms with van der Waals surface area (Å²) in [5.41, 5.74) is 0.799. The topological polar surface area (TPSA) is 50.9 Å². The van der Waals surface area contributed by atoms with Crippen molar-refractivity contribution in [2.75, 3.05) is 0 Å². The van der Waals surface area contributed by atoms with Gasteiger partial charge in [0.1, 0.15) is 0 Å². The molecular weight excluding hydrogens is 166 g/mol. The molecule has 0 amide bonds. The summed E-state index contributed by atoms with van der Waals surface area (Å²) in [5, 5.41) is 17.1. The maximum absolute atomic E-state index is 9.74. The van der Waals surface area contributed by atoms with Crippen LogP contribution in [0.15, 0.2) is 42.7 Å². The van der Waals surface area contributed by atoms with Crippen LogP contribution in [-0.4, -0.2) is 20.1 Å². The second kappa shape index (κ2) is 3.37. The SMILES string of the molecule is OC(c1ccccc1)n1ccnn1. The Morgan fingerprint density at radius 1 is 1.23 bits per heavy atom. The van der Waals surface area contributed by atoms with Gasteiger partial charge in [-0.15, -0.1) is 5.10 Å². The molecule has 1 unspecified atom stereocenters. The third-order valence-corrected chi connectivity index (χ3v) is 1.79. The summed E-state index contributed by atoms with van der Waals surface area (Å²) < 4.78 is 1.40. The molecule has 0 aliphatic heterocycles. The number of hydrogen-bond donors (Lipinski definition) is 1. The maximum atomic E-state index is 9.74. The van der Waals surface area contributed by atoms with E-state index in [1.54, 1.807) is 6.20 Å². The Kier molecular flexibility index (Phi) is 2.06. The summed E-state index contributed by atoms with van der Waals surface area (Å²) in [6, 6.07) is 9.32. The molecule has 1 atom stereocenters. The van der Waals surface area contributed by atoms with Crippen LogP contribution < -0.4 is 0 Å². The second-order valence-corrected chi connectivity index (χ2v) is 2.67. The number of aliphatic hydroxyl groups is 1. The lowest BCUT2D eigenvalue weighted by molar-refractivity contribution is 0.129. The van der Waals surface area contributed by atoms with Crippen LogP contribution >= 0.6 is 0 Å². The number of rotatable bonds is 2. The van der Waals surface area contributed by atoms with Gasteiger partial charge in [-0.1, -0.05) is 35.5 Å². The summed E-state index contributed by atoms with van der Waals surface area (Å²) in [5.74, 6) is 0. The summed E-state index contributed by atoms with van der Waals surface area (Å²) in [4.78, 5) is 0. The van der Waals surface area contributed by atoms with E-state index in [0.29, 0.717) is 0 Å². The Morgan fingerprint density at radius 3 is 2.62 bits per heavy atom. The molecule has 1 aromatic heterocycles. The van der Waals surface area contributed by atoms with E-state index < -0.39 is 6.23 Å². The molecule has 1 N–H and O–H groups in total. The first-order chi connectivity index (χ1) is 6.38. The average molecular weight is 175 g/mol. The van der Waals surface area contributed by atoms with Crippen LogP contribution in [0.25, 0.3) is 0 Å². The molecule has 4 heteroatoms. The lowest BCUT2D eigenvalue weighted by Gasteiger charge is -2.09. The zero-order chi connectivity index (χ0) is 9.10. The van der Waals surface area contributed by atoms with Gasteiger partial charge in [-0.05, 0) is 0 Å². The predicted molar refractivity (Wildman–Crippen MR) is 46.8 cm³/mol. The van der Waals surface area contributed by atoms with Crippen molar-refractivity contribution < 1.29 is 5.11 Å². The molecule has 2 rings (SSSR count). The van der Waals surface area contributed by atoms with E-state index in [2.05, 4.69) is 10.3 Å². The van der Waals surface area contributed by atoms with Gasteiger partial charge < -0.3 is 5.11 Å². The summed E-state index contributed by atoms with van der Waals surface area (Å²) in [7, 11) is 0. The van der Waals surface area contributed by atoms with Crippen molar-refractivity contribution in [2.45, 2.75) is 6.23 Å². The Labute approximate surface area is 75.4 Å². The van der Waals surface area contributed by atoms with E-state index in [-0.39, 0.29) is 0 Å². The first-order valence-electron chi connectivity index (χ1n) is 3.97. The van der Waals surface area contributed by atoms with Crippen molar-refractivity contribution in [1.82, 2.24) is 15.0 Å². The van der Waals surface area contributed by atoms with E-state index in [9.17, 15) is 5.11 Å². The standard InChI is InChI=1S/C9H9N3O/c13-9(12-7-6-10-11-12)8-4-2-1-3-5-8/h1-7,9,13H. The highest BCUT2D eigenvalue weighted by atomic mass is 16.3. The molecule has 2 aromatic rings. The van der Waals surface area contributed by atoms with Gasteiger partial charge in [0, 0.05) is 11.8 Å². The fourth-order valence-electron chi connectivity index (χ4n) is 1.13. The third kappa shape index (κ3) is 1.57. The molecule has 0 aliphatic carbocycles.